The van der Waals surface area contributed by atoms with Gasteiger partial charge in [-0.15, -0.1) is 11.3 Å². The molecule has 0 aliphatic rings. The number of aromatic nitrogens is 3. The van der Waals surface area contributed by atoms with Crippen LogP contribution in [0, 0.1) is 0 Å². The van der Waals surface area contributed by atoms with E-state index < -0.39 is 10.0 Å². The first-order valence-electron chi connectivity index (χ1n) is 6.73. The third-order valence-electron chi connectivity index (χ3n) is 3.06. The van der Waals surface area contributed by atoms with E-state index in [0.29, 0.717) is 10.8 Å². The van der Waals surface area contributed by atoms with Gasteiger partial charge in [-0.25, -0.2) is 13.1 Å². The highest BCUT2D eigenvalue weighted by Gasteiger charge is 2.15. The quantitative estimate of drug-likeness (QED) is 0.674. The summed E-state index contributed by atoms with van der Waals surface area (Å²) < 4.78 is 29.6. The van der Waals surface area contributed by atoms with E-state index in [9.17, 15) is 8.42 Å². The van der Waals surface area contributed by atoms with Gasteiger partial charge in [-0.1, -0.05) is 0 Å². The van der Waals surface area contributed by atoms with Gasteiger partial charge in [-0.2, -0.15) is 5.10 Å². The first-order chi connectivity index (χ1) is 11.0. The summed E-state index contributed by atoms with van der Waals surface area (Å²) in [5.41, 5.74) is 1.81. The molecule has 6 nitrogen and oxygen atoms in total. The summed E-state index contributed by atoms with van der Waals surface area (Å²) in [6.07, 6.45) is 5.25. The highest BCUT2D eigenvalue weighted by Crippen LogP contribution is 2.25. The molecule has 23 heavy (non-hydrogen) atoms. The van der Waals surface area contributed by atoms with Gasteiger partial charge in [-0.3, -0.25) is 9.67 Å². The minimum Gasteiger partial charge on any atom is -0.271 e. The number of thiophene rings is 1. The van der Waals surface area contributed by atoms with E-state index in [1.165, 1.54) is 11.3 Å². The van der Waals surface area contributed by atoms with Gasteiger partial charge < -0.3 is 0 Å². The molecular formula is C14H13BrN4O2S2. The van der Waals surface area contributed by atoms with Crippen LogP contribution in [0.5, 0.6) is 0 Å². The first kappa shape index (κ1) is 16.3. The monoisotopic (exact) mass is 412 g/mol. The summed E-state index contributed by atoms with van der Waals surface area (Å²) in [7, 11) is -3.47. The van der Waals surface area contributed by atoms with Crippen LogP contribution in [0.4, 0.5) is 0 Å². The van der Waals surface area contributed by atoms with Gasteiger partial charge in [0.05, 0.1) is 16.0 Å². The smallest absolute Gasteiger partial charge is 0.250 e. The number of rotatable bonds is 6. The van der Waals surface area contributed by atoms with Crippen molar-refractivity contribution >= 4 is 37.3 Å². The van der Waals surface area contributed by atoms with E-state index in [1.54, 1.807) is 29.2 Å². The first-order valence-corrected chi connectivity index (χ1v) is 9.83. The molecule has 0 spiro atoms. The zero-order chi connectivity index (χ0) is 16.3. The summed E-state index contributed by atoms with van der Waals surface area (Å²) in [4.78, 5) is 3.97. The fourth-order valence-electron chi connectivity index (χ4n) is 1.97. The van der Waals surface area contributed by atoms with Gasteiger partial charge in [0, 0.05) is 30.7 Å². The summed E-state index contributed by atoms with van der Waals surface area (Å²) >= 11 is 4.44. The highest BCUT2D eigenvalue weighted by atomic mass is 79.9. The van der Waals surface area contributed by atoms with Crippen LogP contribution < -0.4 is 4.72 Å². The molecular weight excluding hydrogens is 400 g/mol. The Morgan fingerprint density at radius 1 is 1.17 bits per heavy atom. The summed E-state index contributed by atoms with van der Waals surface area (Å²) in [6.45, 7) is 0.728. The molecule has 0 radical (unpaired) electrons. The standard InChI is InChI=1S/C14H13BrN4O2S2/c15-13-1-2-14(22-13)23(20,21)17-8-10-19-9-5-12(18-19)11-3-6-16-7-4-11/h1-7,9,17H,8,10H2. The normalized spacial score (nSPS) is 11.7. The third kappa shape index (κ3) is 4.05. The molecule has 0 bridgehead atoms. The van der Waals surface area contributed by atoms with Crippen molar-refractivity contribution in [3.63, 3.8) is 0 Å². The maximum atomic E-state index is 12.1. The number of hydrogen-bond acceptors (Lipinski definition) is 5. The molecule has 0 amide bonds. The Morgan fingerprint density at radius 3 is 2.65 bits per heavy atom. The summed E-state index contributed by atoms with van der Waals surface area (Å²) in [5, 5.41) is 4.43. The van der Waals surface area contributed by atoms with Gasteiger partial charge in [0.2, 0.25) is 10.0 Å². The second kappa shape index (κ2) is 6.91. The number of nitrogens with one attached hydrogen (secondary N) is 1. The van der Waals surface area contributed by atoms with Crippen LogP contribution in [0.1, 0.15) is 0 Å². The predicted octanol–water partition coefficient (Wildman–Crippen LogP) is 2.75. The summed E-state index contributed by atoms with van der Waals surface area (Å²) in [5.74, 6) is 0. The molecule has 1 N–H and O–H groups in total. The van der Waals surface area contributed by atoms with Crippen molar-refractivity contribution in [2.45, 2.75) is 10.8 Å². The van der Waals surface area contributed by atoms with Gasteiger partial charge in [0.1, 0.15) is 4.21 Å². The topological polar surface area (TPSA) is 76.9 Å². The van der Waals surface area contributed by atoms with E-state index in [4.69, 9.17) is 0 Å². The Hall–Kier alpha value is -1.55. The van der Waals surface area contributed by atoms with Crippen molar-refractivity contribution in [2.75, 3.05) is 6.54 Å². The van der Waals surface area contributed by atoms with Gasteiger partial charge in [-0.05, 0) is 46.3 Å². The SMILES string of the molecule is O=S(=O)(NCCn1ccc(-c2ccncc2)n1)c1ccc(Br)s1. The van der Waals surface area contributed by atoms with Crippen LogP contribution >= 0.6 is 27.3 Å². The van der Waals surface area contributed by atoms with Crippen LogP contribution in [0.25, 0.3) is 11.3 Å². The molecule has 0 fully saturated rings. The molecule has 3 aromatic heterocycles. The zero-order valence-corrected chi connectivity index (χ0v) is 15.1. The lowest BCUT2D eigenvalue weighted by Gasteiger charge is -2.05. The molecule has 0 saturated heterocycles. The average Bonchev–Trinajstić information content (AvgIpc) is 3.17. The van der Waals surface area contributed by atoms with E-state index in [0.717, 1.165) is 15.0 Å². The third-order valence-corrected chi connectivity index (χ3v) is 6.64. The minimum absolute atomic E-state index is 0.273. The van der Waals surface area contributed by atoms with E-state index in [-0.39, 0.29) is 6.54 Å². The lowest BCUT2D eigenvalue weighted by Crippen LogP contribution is -2.27. The molecule has 3 heterocycles. The van der Waals surface area contributed by atoms with Crippen molar-refractivity contribution in [1.29, 1.82) is 0 Å². The average molecular weight is 413 g/mol. The molecule has 0 saturated carbocycles. The zero-order valence-electron chi connectivity index (χ0n) is 11.9. The maximum absolute atomic E-state index is 12.1. The van der Waals surface area contributed by atoms with Crippen LogP contribution in [-0.2, 0) is 16.6 Å². The van der Waals surface area contributed by atoms with Crippen molar-refractivity contribution in [2.24, 2.45) is 0 Å². The fraction of sp³-hybridized carbons (Fsp3) is 0.143. The highest BCUT2D eigenvalue weighted by molar-refractivity contribution is 9.11. The Kier molecular flexibility index (Phi) is 4.90. The van der Waals surface area contributed by atoms with Crippen molar-refractivity contribution in [1.82, 2.24) is 19.5 Å². The number of hydrogen-bond donors (Lipinski definition) is 1. The lowest BCUT2D eigenvalue weighted by molar-refractivity contribution is 0.563. The Bertz CT molecular complexity index is 890. The fourth-order valence-corrected chi connectivity index (χ4v) is 5.05. The molecule has 0 aliphatic carbocycles. The minimum atomic E-state index is -3.47. The molecule has 0 aliphatic heterocycles. The molecule has 9 heteroatoms. The van der Waals surface area contributed by atoms with Crippen LogP contribution in [-0.4, -0.2) is 29.7 Å². The molecule has 3 rings (SSSR count). The van der Waals surface area contributed by atoms with Gasteiger partial charge in [0.25, 0.3) is 0 Å². The number of pyridine rings is 1. The largest absolute Gasteiger partial charge is 0.271 e. The second-order valence-electron chi connectivity index (χ2n) is 4.66. The Labute approximate surface area is 146 Å². The van der Waals surface area contributed by atoms with Gasteiger partial charge in [0.15, 0.2) is 0 Å². The van der Waals surface area contributed by atoms with Crippen LogP contribution in [0.2, 0.25) is 0 Å². The van der Waals surface area contributed by atoms with Crippen LogP contribution in [0.15, 0.2) is 56.9 Å². The number of halogens is 1. The molecule has 120 valence electrons. The Morgan fingerprint density at radius 2 is 1.96 bits per heavy atom. The van der Waals surface area contributed by atoms with Crippen LogP contribution in [0.3, 0.4) is 0 Å². The van der Waals surface area contributed by atoms with Gasteiger partial charge >= 0.3 is 0 Å². The summed E-state index contributed by atoms with van der Waals surface area (Å²) in [6, 6.07) is 8.94. The van der Waals surface area contributed by atoms with Crippen molar-refractivity contribution in [3.05, 3.63) is 52.7 Å². The molecule has 0 atom stereocenters. The maximum Gasteiger partial charge on any atom is 0.250 e. The van der Waals surface area contributed by atoms with Crippen molar-refractivity contribution in [3.8, 4) is 11.3 Å². The van der Waals surface area contributed by atoms with E-state index >= 15 is 0 Å². The van der Waals surface area contributed by atoms with Crippen molar-refractivity contribution < 1.29 is 8.42 Å². The second-order valence-corrected chi connectivity index (χ2v) is 9.11. The molecule has 0 aromatic carbocycles. The van der Waals surface area contributed by atoms with E-state index in [2.05, 4.69) is 30.7 Å². The predicted molar refractivity (Wildman–Crippen MR) is 92.7 cm³/mol. The lowest BCUT2D eigenvalue weighted by atomic mass is 10.2. The van der Waals surface area contributed by atoms with E-state index in [1.807, 2.05) is 24.4 Å². The molecule has 0 unspecified atom stereocenters. The number of nitrogens with zero attached hydrogens (tertiary/aromatic N) is 3. The molecule has 3 aromatic rings. The Balaban J connectivity index is 1.60. The number of sulfonamides is 1.